The zero-order chi connectivity index (χ0) is 27.5. The number of hydrogen-bond acceptors (Lipinski definition) is 4. The first kappa shape index (κ1) is 33.4. The van der Waals surface area contributed by atoms with Gasteiger partial charge in [-0.1, -0.05) is 140 Å². The van der Waals surface area contributed by atoms with Gasteiger partial charge in [0.25, 0.3) is 0 Å². The maximum absolute atomic E-state index is 11.7. The van der Waals surface area contributed by atoms with Gasteiger partial charge in [-0.2, -0.15) is 0 Å². The summed E-state index contributed by atoms with van der Waals surface area (Å²) in [6.07, 6.45) is 20.2. The molecule has 0 unspecified atom stereocenters. The van der Waals surface area contributed by atoms with Gasteiger partial charge in [-0.15, -0.1) is 0 Å². The van der Waals surface area contributed by atoms with Crippen molar-refractivity contribution in [2.75, 3.05) is 13.2 Å². The fourth-order valence-electron chi connectivity index (χ4n) is 4.12. The Hall–Kier alpha value is -2.62. The molecule has 2 aromatic carbocycles. The van der Waals surface area contributed by atoms with Crippen molar-refractivity contribution in [1.29, 1.82) is 0 Å². The minimum atomic E-state index is -0.207. The first-order valence-electron chi connectivity index (χ1n) is 15.1. The maximum Gasteiger partial charge on any atom is 0.338 e. The van der Waals surface area contributed by atoms with Crippen molar-refractivity contribution in [2.24, 2.45) is 0 Å². The van der Waals surface area contributed by atoms with Crippen LogP contribution in [-0.2, 0) is 9.47 Å². The lowest BCUT2D eigenvalue weighted by Crippen LogP contribution is -2.06. The first-order valence-corrected chi connectivity index (χ1v) is 15.1. The molecule has 4 heteroatoms. The average molecular weight is 525 g/mol. The molecule has 4 nitrogen and oxygen atoms in total. The molecule has 0 bridgehead atoms. The van der Waals surface area contributed by atoms with Gasteiger partial charge in [-0.3, -0.25) is 0 Å². The number of carbonyl (C=O) groups excluding carboxylic acids is 2. The van der Waals surface area contributed by atoms with E-state index in [1.54, 1.807) is 24.3 Å². The molecule has 0 aliphatic rings. The Morgan fingerprint density at radius 3 is 1.05 bits per heavy atom. The van der Waals surface area contributed by atoms with Gasteiger partial charge in [0.1, 0.15) is 0 Å². The molecule has 0 aliphatic carbocycles. The van der Waals surface area contributed by atoms with E-state index in [1.165, 1.54) is 77.0 Å². The molecule has 0 saturated heterocycles. The number of esters is 2. The van der Waals surface area contributed by atoms with E-state index in [0.29, 0.717) is 24.3 Å². The number of rotatable bonds is 20. The number of hydrogen-bond donors (Lipinski definition) is 0. The van der Waals surface area contributed by atoms with Crippen molar-refractivity contribution < 1.29 is 19.1 Å². The van der Waals surface area contributed by atoms with Crippen LogP contribution in [0, 0.1) is 0 Å². The second-order valence-electron chi connectivity index (χ2n) is 9.95. The minimum Gasteiger partial charge on any atom is -0.462 e. The third-order valence-electron chi connectivity index (χ3n) is 6.48. The molecule has 0 heterocycles. The average Bonchev–Trinajstić information content (AvgIpc) is 2.96. The highest BCUT2D eigenvalue weighted by Gasteiger charge is 2.05. The van der Waals surface area contributed by atoms with Crippen LogP contribution in [-0.4, -0.2) is 25.2 Å². The highest BCUT2D eigenvalue weighted by Crippen LogP contribution is 2.10. The van der Waals surface area contributed by atoms with Crippen molar-refractivity contribution in [3.05, 3.63) is 71.8 Å². The lowest BCUT2D eigenvalue weighted by atomic mass is 10.1. The summed E-state index contributed by atoms with van der Waals surface area (Å²) in [4.78, 5) is 23.3. The van der Waals surface area contributed by atoms with Crippen LogP contribution in [0.5, 0.6) is 0 Å². The van der Waals surface area contributed by atoms with E-state index in [-0.39, 0.29) is 11.9 Å². The summed E-state index contributed by atoms with van der Waals surface area (Å²) >= 11 is 0. The van der Waals surface area contributed by atoms with Crippen LogP contribution in [0.2, 0.25) is 0 Å². The predicted molar refractivity (Wildman–Crippen MR) is 159 cm³/mol. The van der Waals surface area contributed by atoms with Gasteiger partial charge >= 0.3 is 11.9 Å². The van der Waals surface area contributed by atoms with Gasteiger partial charge in [0.15, 0.2) is 0 Å². The van der Waals surface area contributed by atoms with E-state index < -0.39 is 0 Å². The van der Waals surface area contributed by atoms with E-state index in [1.807, 2.05) is 36.4 Å². The van der Waals surface area contributed by atoms with Crippen LogP contribution < -0.4 is 0 Å². The topological polar surface area (TPSA) is 52.6 Å². The van der Waals surface area contributed by atoms with Crippen molar-refractivity contribution in [2.45, 2.75) is 117 Å². The minimum absolute atomic E-state index is 0.204. The van der Waals surface area contributed by atoms with Crippen molar-refractivity contribution in [3.63, 3.8) is 0 Å². The lowest BCUT2D eigenvalue weighted by Gasteiger charge is -2.05. The van der Waals surface area contributed by atoms with Crippen LogP contribution in [0.25, 0.3) is 0 Å². The molecule has 0 aliphatic heterocycles. The Balaban J connectivity index is 0.000000382. The smallest absolute Gasteiger partial charge is 0.338 e. The van der Waals surface area contributed by atoms with Crippen LogP contribution in [0.3, 0.4) is 0 Å². The third kappa shape index (κ3) is 18.6. The van der Waals surface area contributed by atoms with Crippen LogP contribution in [0.1, 0.15) is 137 Å². The Morgan fingerprint density at radius 1 is 0.447 bits per heavy atom. The second kappa shape index (κ2) is 24.7. The molecule has 212 valence electrons. The fourth-order valence-corrected chi connectivity index (χ4v) is 4.12. The van der Waals surface area contributed by atoms with Gasteiger partial charge in [0.05, 0.1) is 24.3 Å². The van der Waals surface area contributed by atoms with Crippen LogP contribution in [0.4, 0.5) is 0 Å². The predicted octanol–water partition coefficient (Wildman–Crippen LogP) is 9.97. The Bertz CT molecular complexity index is 804. The lowest BCUT2D eigenvalue weighted by molar-refractivity contribution is 0.0488. The van der Waals surface area contributed by atoms with E-state index in [0.717, 1.165) is 25.7 Å². The largest absolute Gasteiger partial charge is 0.462 e. The fraction of sp³-hybridized carbons (Fsp3) is 0.588. The third-order valence-corrected chi connectivity index (χ3v) is 6.48. The highest BCUT2D eigenvalue weighted by atomic mass is 16.5. The molecule has 0 spiro atoms. The Kier molecular flexibility index (Phi) is 21.7. The second-order valence-corrected chi connectivity index (χ2v) is 9.95. The summed E-state index contributed by atoms with van der Waals surface area (Å²) in [5.74, 6) is -0.410. The van der Waals surface area contributed by atoms with Gasteiger partial charge < -0.3 is 9.47 Å². The summed E-state index contributed by atoms with van der Waals surface area (Å²) in [5.41, 5.74) is 1.28. The zero-order valence-corrected chi connectivity index (χ0v) is 24.1. The molecule has 0 radical (unpaired) electrons. The Morgan fingerprint density at radius 2 is 0.737 bits per heavy atom. The maximum atomic E-state index is 11.7. The SMILES string of the molecule is CCCCCCCCCCCOC(=O)c1ccccc1.CCCCCCCCCOC(=O)c1ccccc1. The molecule has 0 atom stereocenters. The Labute approximate surface area is 232 Å². The van der Waals surface area contributed by atoms with E-state index >= 15 is 0 Å². The number of benzene rings is 2. The summed E-state index contributed by atoms with van der Waals surface area (Å²) in [5, 5.41) is 0. The van der Waals surface area contributed by atoms with Gasteiger partial charge in [0, 0.05) is 0 Å². The highest BCUT2D eigenvalue weighted by molar-refractivity contribution is 5.89. The monoisotopic (exact) mass is 524 g/mol. The molecule has 0 N–H and O–H groups in total. The normalized spacial score (nSPS) is 10.4. The van der Waals surface area contributed by atoms with E-state index in [2.05, 4.69) is 13.8 Å². The molecular formula is C34H52O4. The molecular weight excluding hydrogens is 472 g/mol. The standard InChI is InChI=1S/C18H28O2.C16H24O2/c1-2-3-4-5-6-7-8-9-13-16-20-18(19)17-14-11-10-12-15-17;1-2-3-4-5-6-7-11-14-18-16(17)15-12-9-8-10-13-15/h10-12,14-15H,2-9,13,16H2,1H3;8-10,12-13H,2-7,11,14H2,1H3. The number of carbonyl (C=O) groups is 2. The number of ether oxygens (including phenoxy) is 2. The number of unbranched alkanes of at least 4 members (excludes halogenated alkanes) is 14. The molecule has 0 saturated carbocycles. The van der Waals surface area contributed by atoms with Crippen LogP contribution >= 0.6 is 0 Å². The van der Waals surface area contributed by atoms with Crippen molar-refractivity contribution in [3.8, 4) is 0 Å². The zero-order valence-electron chi connectivity index (χ0n) is 24.1. The molecule has 2 aromatic rings. The molecule has 2 rings (SSSR count). The quantitative estimate of drug-likeness (QED) is 0.128. The summed E-state index contributed by atoms with van der Waals surface area (Å²) in [7, 11) is 0. The molecule has 0 aromatic heterocycles. The van der Waals surface area contributed by atoms with E-state index in [9.17, 15) is 9.59 Å². The summed E-state index contributed by atoms with van der Waals surface area (Å²) < 4.78 is 10.5. The van der Waals surface area contributed by atoms with Gasteiger partial charge in [-0.25, -0.2) is 9.59 Å². The summed E-state index contributed by atoms with van der Waals surface area (Å²) in [6.45, 7) is 5.56. The van der Waals surface area contributed by atoms with Crippen LogP contribution in [0.15, 0.2) is 60.7 Å². The van der Waals surface area contributed by atoms with Gasteiger partial charge in [0.2, 0.25) is 0 Å². The van der Waals surface area contributed by atoms with Gasteiger partial charge in [-0.05, 0) is 37.1 Å². The molecule has 0 fully saturated rings. The van der Waals surface area contributed by atoms with Crippen molar-refractivity contribution >= 4 is 11.9 Å². The summed E-state index contributed by atoms with van der Waals surface area (Å²) in [6, 6.07) is 18.4. The first-order chi connectivity index (χ1) is 18.7. The van der Waals surface area contributed by atoms with Crippen molar-refractivity contribution in [1.82, 2.24) is 0 Å². The molecule has 0 amide bonds. The van der Waals surface area contributed by atoms with E-state index in [4.69, 9.17) is 9.47 Å². The molecule has 38 heavy (non-hydrogen) atoms.